The molecule has 0 aromatic heterocycles. The number of methoxy groups -OCH3 is 2. The van der Waals surface area contributed by atoms with Crippen LogP contribution in [-0.2, 0) is 0 Å². The fourth-order valence-corrected chi connectivity index (χ4v) is 3.00. The summed E-state index contributed by atoms with van der Waals surface area (Å²) in [4.78, 5) is 16.3. The molecule has 1 aliphatic heterocycles. The van der Waals surface area contributed by atoms with Crippen LogP contribution in [-0.4, -0.2) is 51.2 Å². The molecule has 1 amide bonds. The number of nitrogens with zero attached hydrogens (tertiary/aromatic N) is 2. The molecule has 0 bridgehead atoms. The first kappa shape index (κ1) is 18.0. The van der Waals surface area contributed by atoms with E-state index >= 15 is 0 Å². The number of ether oxygens (including phenoxy) is 2. The maximum absolute atomic E-state index is 13.3. The average Bonchev–Trinajstić information content (AvgIpc) is 2.69. The molecular formula is C19H20F2N2O3. The van der Waals surface area contributed by atoms with Crippen LogP contribution >= 0.6 is 0 Å². The van der Waals surface area contributed by atoms with Crippen LogP contribution in [0.3, 0.4) is 0 Å². The third kappa shape index (κ3) is 3.56. The summed E-state index contributed by atoms with van der Waals surface area (Å²) in [5, 5.41) is 0. The Labute approximate surface area is 150 Å². The number of amides is 1. The Kier molecular flexibility index (Phi) is 5.25. The lowest BCUT2D eigenvalue weighted by molar-refractivity contribution is 0.0746. The van der Waals surface area contributed by atoms with Crippen molar-refractivity contribution in [1.82, 2.24) is 4.90 Å². The fourth-order valence-electron chi connectivity index (χ4n) is 3.00. The summed E-state index contributed by atoms with van der Waals surface area (Å²) in [5.74, 6) is -0.968. The van der Waals surface area contributed by atoms with Crippen LogP contribution in [0.1, 0.15) is 10.4 Å². The number of benzene rings is 2. The predicted molar refractivity (Wildman–Crippen MR) is 94.0 cm³/mol. The molecule has 5 nitrogen and oxygen atoms in total. The molecule has 0 unspecified atom stereocenters. The molecule has 1 saturated heterocycles. The van der Waals surface area contributed by atoms with Gasteiger partial charge < -0.3 is 19.3 Å². The number of carbonyl (C=O) groups is 1. The van der Waals surface area contributed by atoms with Gasteiger partial charge in [0.2, 0.25) is 0 Å². The minimum Gasteiger partial charge on any atom is -0.493 e. The van der Waals surface area contributed by atoms with Gasteiger partial charge in [-0.3, -0.25) is 4.79 Å². The van der Waals surface area contributed by atoms with Crippen LogP contribution in [0.5, 0.6) is 11.5 Å². The molecule has 7 heteroatoms. The van der Waals surface area contributed by atoms with E-state index in [-0.39, 0.29) is 11.5 Å². The predicted octanol–water partition coefficient (Wildman–Crippen LogP) is 2.94. The quantitative estimate of drug-likeness (QED) is 0.839. The SMILES string of the molecule is COc1ccc(N2CCN(C(=O)c3ccc(F)c(F)c3)CC2)cc1OC. The van der Waals surface area contributed by atoms with E-state index in [4.69, 9.17) is 9.47 Å². The summed E-state index contributed by atoms with van der Waals surface area (Å²) in [7, 11) is 3.17. The van der Waals surface area contributed by atoms with E-state index in [0.717, 1.165) is 17.8 Å². The molecule has 138 valence electrons. The average molecular weight is 362 g/mol. The van der Waals surface area contributed by atoms with Gasteiger partial charge in [-0.2, -0.15) is 0 Å². The van der Waals surface area contributed by atoms with Gasteiger partial charge in [-0.1, -0.05) is 0 Å². The minimum absolute atomic E-state index is 0.156. The third-order valence-electron chi connectivity index (χ3n) is 4.47. The highest BCUT2D eigenvalue weighted by atomic mass is 19.2. The molecule has 2 aromatic rings. The molecular weight excluding hydrogens is 342 g/mol. The fraction of sp³-hybridized carbons (Fsp3) is 0.316. The maximum Gasteiger partial charge on any atom is 0.254 e. The standard InChI is InChI=1S/C19H20F2N2O3/c1-25-17-6-4-14(12-18(17)26-2)22-7-9-23(10-8-22)19(24)13-3-5-15(20)16(21)11-13/h3-6,11-12H,7-10H2,1-2H3. The zero-order valence-electron chi connectivity index (χ0n) is 14.7. The summed E-state index contributed by atoms with van der Waals surface area (Å²) < 4.78 is 36.9. The van der Waals surface area contributed by atoms with E-state index in [0.29, 0.717) is 37.7 Å². The van der Waals surface area contributed by atoms with E-state index in [1.165, 1.54) is 6.07 Å². The number of rotatable bonds is 4. The van der Waals surface area contributed by atoms with Gasteiger partial charge in [0.15, 0.2) is 23.1 Å². The first-order chi connectivity index (χ1) is 12.5. The van der Waals surface area contributed by atoms with Crippen LogP contribution < -0.4 is 14.4 Å². The topological polar surface area (TPSA) is 42.0 Å². The van der Waals surface area contributed by atoms with Gasteiger partial charge in [-0.25, -0.2) is 8.78 Å². The zero-order valence-corrected chi connectivity index (χ0v) is 14.7. The minimum atomic E-state index is -1.01. The van der Waals surface area contributed by atoms with E-state index in [2.05, 4.69) is 4.90 Å². The maximum atomic E-state index is 13.3. The van der Waals surface area contributed by atoms with Gasteiger partial charge in [0, 0.05) is 43.5 Å². The Bertz CT molecular complexity index is 805. The lowest BCUT2D eigenvalue weighted by Crippen LogP contribution is -2.48. The van der Waals surface area contributed by atoms with E-state index < -0.39 is 11.6 Å². The zero-order chi connectivity index (χ0) is 18.7. The van der Waals surface area contributed by atoms with Crippen LogP contribution in [0.4, 0.5) is 14.5 Å². The Morgan fingerprint density at radius 2 is 1.58 bits per heavy atom. The molecule has 26 heavy (non-hydrogen) atoms. The summed E-state index contributed by atoms with van der Waals surface area (Å²) in [5.41, 5.74) is 1.13. The highest BCUT2D eigenvalue weighted by molar-refractivity contribution is 5.94. The van der Waals surface area contributed by atoms with Gasteiger partial charge in [0.05, 0.1) is 14.2 Å². The molecule has 1 heterocycles. The molecule has 1 fully saturated rings. The Morgan fingerprint density at radius 1 is 0.885 bits per heavy atom. The summed E-state index contributed by atoms with van der Waals surface area (Å²) >= 11 is 0. The van der Waals surface area contributed by atoms with Crippen molar-refractivity contribution < 1.29 is 23.0 Å². The summed E-state index contributed by atoms with van der Waals surface area (Å²) in [6.45, 7) is 2.24. The van der Waals surface area contributed by atoms with Crippen LogP contribution in [0.2, 0.25) is 0 Å². The molecule has 0 aliphatic carbocycles. The van der Waals surface area contributed by atoms with Gasteiger partial charge in [0.1, 0.15) is 0 Å². The molecule has 1 aliphatic rings. The Balaban J connectivity index is 1.67. The highest BCUT2D eigenvalue weighted by Gasteiger charge is 2.23. The largest absolute Gasteiger partial charge is 0.493 e. The van der Waals surface area contributed by atoms with Crippen molar-refractivity contribution in [2.45, 2.75) is 0 Å². The summed E-state index contributed by atoms with van der Waals surface area (Å²) in [6.07, 6.45) is 0. The molecule has 2 aromatic carbocycles. The van der Waals surface area contributed by atoms with Crippen molar-refractivity contribution >= 4 is 11.6 Å². The van der Waals surface area contributed by atoms with E-state index in [1.807, 2.05) is 18.2 Å². The molecule has 3 rings (SSSR count). The van der Waals surface area contributed by atoms with Crippen LogP contribution in [0.15, 0.2) is 36.4 Å². The van der Waals surface area contributed by atoms with E-state index in [9.17, 15) is 13.6 Å². The number of halogens is 2. The smallest absolute Gasteiger partial charge is 0.254 e. The van der Waals surface area contributed by atoms with Crippen molar-refractivity contribution in [3.05, 3.63) is 53.6 Å². The van der Waals surface area contributed by atoms with Crippen molar-refractivity contribution in [1.29, 1.82) is 0 Å². The Hall–Kier alpha value is -2.83. The van der Waals surface area contributed by atoms with Crippen molar-refractivity contribution in [3.63, 3.8) is 0 Å². The molecule has 0 saturated carbocycles. The van der Waals surface area contributed by atoms with Crippen molar-refractivity contribution in [3.8, 4) is 11.5 Å². The monoisotopic (exact) mass is 362 g/mol. The second-order valence-corrected chi connectivity index (χ2v) is 5.95. The first-order valence-corrected chi connectivity index (χ1v) is 8.25. The highest BCUT2D eigenvalue weighted by Crippen LogP contribution is 2.32. The Morgan fingerprint density at radius 3 is 2.19 bits per heavy atom. The van der Waals surface area contributed by atoms with E-state index in [1.54, 1.807) is 19.1 Å². The molecule has 0 spiro atoms. The number of carbonyl (C=O) groups excluding carboxylic acids is 1. The van der Waals surface area contributed by atoms with Crippen molar-refractivity contribution in [2.24, 2.45) is 0 Å². The third-order valence-corrected chi connectivity index (χ3v) is 4.47. The number of hydrogen-bond acceptors (Lipinski definition) is 4. The second kappa shape index (κ2) is 7.59. The van der Waals surface area contributed by atoms with Crippen molar-refractivity contribution in [2.75, 3.05) is 45.3 Å². The molecule has 0 radical (unpaired) electrons. The van der Waals surface area contributed by atoms with Crippen LogP contribution in [0, 0.1) is 11.6 Å². The summed E-state index contributed by atoms with van der Waals surface area (Å²) in [6, 6.07) is 8.90. The number of piperazine rings is 1. The molecule has 0 N–H and O–H groups in total. The van der Waals surface area contributed by atoms with Gasteiger partial charge in [0.25, 0.3) is 5.91 Å². The lowest BCUT2D eigenvalue weighted by Gasteiger charge is -2.36. The molecule has 0 atom stereocenters. The van der Waals surface area contributed by atoms with Crippen LogP contribution in [0.25, 0.3) is 0 Å². The normalized spacial score (nSPS) is 14.3. The first-order valence-electron chi connectivity index (χ1n) is 8.25. The van der Waals surface area contributed by atoms with Gasteiger partial charge >= 0.3 is 0 Å². The second-order valence-electron chi connectivity index (χ2n) is 5.95. The number of hydrogen-bond donors (Lipinski definition) is 0. The lowest BCUT2D eigenvalue weighted by atomic mass is 10.1. The van der Waals surface area contributed by atoms with Gasteiger partial charge in [-0.15, -0.1) is 0 Å². The number of anilines is 1. The van der Waals surface area contributed by atoms with Gasteiger partial charge in [-0.05, 0) is 30.3 Å².